The second kappa shape index (κ2) is 7.36. The molecule has 1 aromatic carbocycles. The minimum Gasteiger partial charge on any atom is -0.444 e. The number of carbonyl (C=O) groups is 1. The fourth-order valence-corrected chi connectivity index (χ4v) is 3.47. The van der Waals surface area contributed by atoms with Gasteiger partial charge in [0.15, 0.2) is 0 Å². The minimum atomic E-state index is -0.451. The van der Waals surface area contributed by atoms with Crippen molar-refractivity contribution in [2.24, 2.45) is 5.92 Å². The predicted octanol–water partition coefficient (Wildman–Crippen LogP) is 4.56. The average molecular weight is 325 g/mol. The van der Waals surface area contributed by atoms with E-state index in [0.29, 0.717) is 5.92 Å². The third-order valence-corrected chi connectivity index (χ3v) is 4.71. The summed E-state index contributed by atoms with van der Waals surface area (Å²) in [6.07, 6.45) is 1.91. The Morgan fingerprint density at radius 1 is 1.36 bits per heavy atom. The maximum Gasteiger partial charge on any atom is 0.410 e. The molecule has 1 amide bonds. The molecule has 0 aromatic heterocycles. The first-order chi connectivity index (χ1) is 10.3. The van der Waals surface area contributed by atoms with Gasteiger partial charge in [-0.2, -0.15) is 0 Å². The fraction of sp³-hybridized carbons (Fsp3) is 0.588. The third-order valence-electron chi connectivity index (χ3n) is 3.47. The zero-order chi connectivity index (χ0) is 16.2. The Morgan fingerprint density at radius 3 is 2.68 bits per heavy atom. The van der Waals surface area contributed by atoms with Crippen molar-refractivity contribution in [3.05, 3.63) is 30.1 Å². The maximum absolute atomic E-state index is 12.9. The first-order valence-corrected chi connectivity index (χ1v) is 8.68. The topological polar surface area (TPSA) is 29.5 Å². The molecule has 0 spiro atoms. The Morgan fingerprint density at radius 2 is 2.05 bits per heavy atom. The Bertz CT molecular complexity index is 498. The van der Waals surface area contributed by atoms with E-state index in [2.05, 4.69) is 0 Å². The summed E-state index contributed by atoms with van der Waals surface area (Å²) in [7, 11) is 0. The summed E-state index contributed by atoms with van der Waals surface area (Å²) < 4.78 is 18.3. The van der Waals surface area contributed by atoms with Crippen molar-refractivity contribution in [1.82, 2.24) is 4.90 Å². The summed E-state index contributed by atoms with van der Waals surface area (Å²) in [5.41, 5.74) is -0.451. The lowest BCUT2D eigenvalue weighted by atomic mass is 10.0. The zero-order valence-electron chi connectivity index (χ0n) is 13.5. The fourth-order valence-electron chi connectivity index (χ4n) is 2.44. The molecule has 122 valence electrons. The van der Waals surface area contributed by atoms with Crippen LogP contribution < -0.4 is 0 Å². The van der Waals surface area contributed by atoms with Crippen LogP contribution in [0.3, 0.4) is 0 Å². The quantitative estimate of drug-likeness (QED) is 0.763. The molecule has 0 bridgehead atoms. The molecule has 1 atom stereocenters. The molecule has 0 N–H and O–H groups in total. The lowest BCUT2D eigenvalue weighted by Gasteiger charge is -2.34. The summed E-state index contributed by atoms with van der Waals surface area (Å²) in [5.74, 6) is 1.18. The monoisotopic (exact) mass is 325 g/mol. The van der Waals surface area contributed by atoms with Crippen LogP contribution in [0, 0.1) is 11.7 Å². The first kappa shape index (κ1) is 17.1. The summed E-state index contributed by atoms with van der Waals surface area (Å²) in [5, 5.41) is 0. The number of halogens is 1. The van der Waals surface area contributed by atoms with E-state index >= 15 is 0 Å². The van der Waals surface area contributed by atoms with Gasteiger partial charge in [0.25, 0.3) is 0 Å². The molecule has 1 aliphatic rings. The van der Waals surface area contributed by atoms with Crippen molar-refractivity contribution < 1.29 is 13.9 Å². The Balaban J connectivity index is 1.82. The molecular weight excluding hydrogens is 301 g/mol. The van der Waals surface area contributed by atoms with Crippen LogP contribution >= 0.6 is 11.8 Å². The smallest absolute Gasteiger partial charge is 0.410 e. The Labute approximate surface area is 136 Å². The van der Waals surface area contributed by atoms with Crippen molar-refractivity contribution in [2.75, 3.05) is 18.8 Å². The molecule has 1 saturated heterocycles. The highest BCUT2D eigenvalue weighted by Crippen LogP contribution is 2.26. The van der Waals surface area contributed by atoms with E-state index in [1.165, 1.54) is 12.1 Å². The zero-order valence-corrected chi connectivity index (χ0v) is 14.3. The van der Waals surface area contributed by atoms with Crippen LogP contribution in [0.15, 0.2) is 29.2 Å². The number of benzene rings is 1. The van der Waals surface area contributed by atoms with Crippen LogP contribution in [0.4, 0.5) is 9.18 Å². The summed E-state index contributed by atoms with van der Waals surface area (Å²) >= 11 is 1.72. The van der Waals surface area contributed by atoms with Gasteiger partial charge in [-0.1, -0.05) is 0 Å². The Hall–Kier alpha value is -1.23. The normalized spacial score (nSPS) is 19.1. The third kappa shape index (κ3) is 5.52. The molecule has 0 aliphatic carbocycles. The van der Waals surface area contributed by atoms with Gasteiger partial charge in [0.05, 0.1) is 0 Å². The number of piperidine rings is 1. The SMILES string of the molecule is CC(C)(C)OC(=O)N1CCC[C@H](CSc2ccc(F)cc2)C1. The molecule has 1 aromatic rings. The van der Waals surface area contributed by atoms with E-state index in [0.717, 1.165) is 36.6 Å². The van der Waals surface area contributed by atoms with Crippen molar-refractivity contribution in [3.63, 3.8) is 0 Å². The Kier molecular flexibility index (Phi) is 5.73. The second-order valence-electron chi connectivity index (χ2n) is 6.70. The highest BCUT2D eigenvalue weighted by atomic mass is 32.2. The van der Waals surface area contributed by atoms with Crippen molar-refractivity contribution in [1.29, 1.82) is 0 Å². The number of rotatable bonds is 3. The van der Waals surface area contributed by atoms with Crippen LogP contribution in [0.1, 0.15) is 33.6 Å². The summed E-state index contributed by atoms with van der Waals surface area (Å²) in [6.45, 7) is 7.17. The van der Waals surface area contributed by atoms with Crippen molar-refractivity contribution in [3.8, 4) is 0 Å². The molecule has 2 rings (SSSR count). The molecule has 0 radical (unpaired) electrons. The van der Waals surface area contributed by atoms with E-state index in [-0.39, 0.29) is 11.9 Å². The maximum atomic E-state index is 12.9. The largest absolute Gasteiger partial charge is 0.444 e. The van der Waals surface area contributed by atoms with Crippen LogP contribution in [-0.4, -0.2) is 35.4 Å². The van der Waals surface area contributed by atoms with Gasteiger partial charge in [0.2, 0.25) is 0 Å². The summed E-state index contributed by atoms with van der Waals surface area (Å²) in [4.78, 5) is 15.0. The molecular formula is C17H24FNO2S. The number of amides is 1. The molecule has 1 aliphatic heterocycles. The van der Waals surface area contributed by atoms with Crippen LogP contribution in [0.2, 0.25) is 0 Å². The van der Waals surface area contributed by atoms with E-state index in [1.807, 2.05) is 25.7 Å². The van der Waals surface area contributed by atoms with Crippen molar-refractivity contribution in [2.45, 2.75) is 44.1 Å². The molecule has 0 saturated carbocycles. The minimum absolute atomic E-state index is 0.210. The van der Waals surface area contributed by atoms with Gasteiger partial charge >= 0.3 is 6.09 Å². The number of hydrogen-bond acceptors (Lipinski definition) is 3. The van der Waals surface area contributed by atoms with Gasteiger partial charge in [0.1, 0.15) is 11.4 Å². The van der Waals surface area contributed by atoms with Gasteiger partial charge in [-0.05, 0) is 63.8 Å². The predicted molar refractivity (Wildman–Crippen MR) is 87.7 cm³/mol. The lowest BCUT2D eigenvalue weighted by molar-refractivity contribution is 0.0177. The molecule has 1 heterocycles. The van der Waals surface area contributed by atoms with Crippen LogP contribution in [0.5, 0.6) is 0 Å². The summed E-state index contributed by atoms with van der Waals surface area (Å²) in [6, 6.07) is 6.56. The van der Waals surface area contributed by atoms with Gasteiger partial charge in [-0.15, -0.1) is 11.8 Å². The number of hydrogen-bond donors (Lipinski definition) is 0. The van der Waals surface area contributed by atoms with E-state index in [4.69, 9.17) is 4.74 Å². The van der Waals surface area contributed by atoms with Crippen molar-refractivity contribution >= 4 is 17.9 Å². The van der Waals surface area contributed by atoms with E-state index in [1.54, 1.807) is 23.9 Å². The average Bonchev–Trinajstić information content (AvgIpc) is 2.45. The molecule has 3 nitrogen and oxygen atoms in total. The van der Waals surface area contributed by atoms with Gasteiger partial charge in [0, 0.05) is 23.7 Å². The number of carbonyl (C=O) groups excluding carboxylic acids is 1. The lowest BCUT2D eigenvalue weighted by Crippen LogP contribution is -2.43. The standard InChI is InChI=1S/C17H24FNO2S/c1-17(2,3)21-16(20)19-10-4-5-13(11-19)12-22-15-8-6-14(18)7-9-15/h6-9,13H,4-5,10-12H2,1-3H3/t13-/m0/s1. The number of nitrogens with zero attached hydrogens (tertiary/aromatic N) is 1. The first-order valence-electron chi connectivity index (χ1n) is 7.70. The van der Waals surface area contributed by atoms with Gasteiger partial charge < -0.3 is 9.64 Å². The molecule has 0 unspecified atom stereocenters. The molecule has 22 heavy (non-hydrogen) atoms. The van der Waals surface area contributed by atoms with E-state index in [9.17, 15) is 9.18 Å². The number of ether oxygens (including phenoxy) is 1. The van der Waals surface area contributed by atoms with Gasteiger partial charge in [-0.3, -0.25) is 0 Å². The number of likely N-dealkylation sites (tertiary alicyclic amines) is 1. The second-order valence-corrected chi connectivity index (χ2v) is 7.79. The van der Waals surface area contributed by atoms with Crippen LogP contribution in [0.25, 0.3) is 0 Å². The highest BCUT2D eigenvalue weighted by Gasteiger charge is 2.27. The number of thioether (sulfide) groups is 1. The molecule has 1 fully saturated rings. The highest BCUT2D eigenvalue weighted by molar-refractivity contribution is 7.99. The molecule has 5 heteroatoms. The van der Waals surface area contributed by atoms with Crippen LogP contribution in [-0.2, 0) is 4.74 Å². The van der Waals surface area contributed by atoms with E-state index < -0.39 is 5.60 Å². The van der Waals surface area contributed by atoms with Gasteiger partial charge in [-0.25, -0.2) is 9.18 Å².